The third-order valence-electron chi connectivity index (χ3n) is 6.69. The van der Waals surface area contributed by atoms with Gasteiger partial charge in [0.05, 0.1) is 17.2 Å². The van der Waals surface area contributed by atoms with Gasteiger partial charge in [0.25, 0.3) is 0 Å². The maximum absolute atomic E-state index is 12.7. The van der Waals surface area contributed by atoms with Crippen LogP contribution in [0.25, 0.3) is 0 Å². The van der Waals surface area contributed by atoms with E-state index in [-0.39, 0.29) is 23.6 Å². The Kier molecular flexibility index (Phi) is 5.76. The Bertz CT molecular complexity index is 673. The van der Waals surface area contributed by atoms with Crippen LogP contribution >= 0.6 is 0 Å². The predicted octanol–water partition coefficient (Wildman–Crippen LogP) is 2.15. The minimum absolute atomic E-state index is 0.00145. The third-order valence-corrected chi connectivity index (χ3v) is 6.69. The van der Waals surface area contributed by atoms with E-state index < -0.39 is 0 Å². The Morgan fingerprint density at radius 2 is 1.93 bits per heavy atom. The van der Waals surface area contributed by atoms with E-state index >= 15 is 0 Å². The number of rotatable bonds is 5. The summed E-state index contributed by atoms with van der Waals surface area (Å²) in [5.41, 5.74) is 0.669. The van der Waals surface area contributed by atoms with Crippen molar-refractivity contribution in [2.75, 3.05) is 32.7 Å². The highest BCUT2D eigenvalue weighted by Gasteiger charge is 2.50. The second-order valence-corrected chi connectivity index (χ2v) is 9.20. The van der Waals surface area contributed by atoms with Gasteiger partial charge in [0, 0.05) is 44.6 Å². The van der Waals surface area contributed by atoms with Crippen LogP contribution in [0.5, 0.6) is 0 Å². The van der Waals surface area contributed by atoms with Crippen molar-refractivity contribution in [2.45, 2.75) is 70.6 Å². The molecule has 7 nitrogen and oxygen atoms in total. The van der Waals surface area contributed by atoms with Gasteiger partial charge in [-0.1, -0.05) is 19.0 Å². The van der Waals surface area contributed by atoms with E-state index in [1.165, 1.54) is 0 Å². The first-order valence-electron chi connectivity index (χ1n) is 10.7. The average Bonchev–Trinajstić information content (AvgIpc) is 3.25. The maximum atomic E-state index is 12.7. The number of esters is 1. The summed E-state index contributed by atoms with van der Waals surface area (Å²) >= 11 is 0. The topological polar surface area (TPSA) is 79.0 Å². The summed E-state index contributed by atoms with van der Waals surface area (Å²) in [6.45, 7) is 9.36. The van der Waals surface area contributed by atoms with Crippen molar-refractivity contribution in [1.29, 1.82) is 0 Å². The summed E-state index contributed by atoms with van der Waals surface area (Å²) < 4.78 is 11.2. The number of aliphatic hydroxyl groups is 1. The van der Waals surface area contributed by atoms with Crippen LogP contribution in [0.1, 0.15) is 63.3 Å². The molecule has 1 unspecified atom stereocenters. The lowest BCUT2D eigenvalue weighted by Gasteiger charge is -2.36. The van der Waals surface area contributed by atoms with Gasteiger partial charge < -0.3 is 14.4 Å². The molecule has 1 spiro atoms. The molecule has 1 aromatic rings. The van der Waals surface area contributed by atoms with E-state index in [0.717, 1.165) is 82.8 Å². The molecule has 4 rings (SSSR count). The monoisotopic (exact) mass is 391 g/mol. The minimum Gasteiger partial charge on any atom is -0.461 e. The maximum Gasteiger partial charge on any atom is 0.312 e. The average molecular weight is 392 g/mol. The normalized spacial score (nSPS) is 27.0. The van der Waals surface area contributed by atoms with Crippen LogP contribution in [-0.4, -0.2) is 71.0 Å². The Balaban J connectivity index is 1.27. The predicted molar refractivity (Wildman–Crippen MR) is 104 cm³/mol. The van der Waals surface area contributed by atoms with Crippen LogP contribution in [0.2, 0.25) is 0 Å². The van der Waals surface area contributed by atoms with Crippen molar-refractivity contribution in [1.82, 2.24) is 15.0 Å². The fourth-order valence-corrected chi connectivity index (χ4v) is 4.78. The number of cyclic esters (lactones) is 1. The Morgan fingerprint density at radius 3 is 2.57 bits per heavy atom. The van der Waals surface area contributed by atoms with E-state index in [0.29, 0.717) is 5.92 Å². The van der Waals surface area contributed by atoms with Crippen molar-refractivity contribution >= 4 is 5.97 Å². The van der Waals surface area contributed by atoms with Gasteiger partial charge in [-0.2, -0.15) is 0 Å². The zero-order chi connectivity index (χ0) is 19.7. The van der Waals surface area contributed by atoms with Crippen LogP contribution in [0.15, 0.2) is 10.6 Å². The molecule has 7 heteroatoms. The molecule has 3 saturated heterocycles. The molecular formula is C21H33N3O4. The van der Waals surface area contributed by atoms with Crippen molar-refractivity contribution in [3.05, 3.63) is 17.5 Å². The van der Waals surface area contributed by atoms with Gasteiger partial charge >= 0.3 is 5.97 Å². The van der Waals surface area contributed by atoms with Crippen LogP contribution in [0.4, 0.5) is 0 Å². The van der Waals surface area contributed by atoms with Crippen molar-refractivity contribution in [3.8, 4) is 0 Å². The highest BCUT2D eigenvalue weighted by Crippen LogP contribution is 2.43. The van der Waals surface area contributed by atoms with Gasteiger partial charge in [-0.05, 0) is 38.8 Å². The molecule has 4 heterocycles. The molecular weight excluding hydrogens is 358 g/mol. The SMILES string of the molecule is CC(C)c1cc(CN2CCC3(CC2)CC(CN2CCC(O)CC2)OC3=O)no1. The third kappa shape index (κ3) is 4.26. The van der Waals surface area contributed by atoms with Gasteiger partial charge in [-0.25, -0.2) is 0 Å². The molecule has 3 aliphatic heterocycles. The number of carbonyl (C=O) groups excluding carboxylic acids is 1. The van der Waals surface area contributed by atoms with Gasteiger partial charge in [0.1, 0.15) is 11.9 Å². The molecule has 156 valence electrons. The van der Waals surface area contributed by atoms with Crippen LogP contribution in [0, 0.1) is 5.41 Å². The van der Waals surface area contributed by atoms with E-state index in [4.69, 9.17) is 9.26 Å². The first-order valence-corrected chi connectivity index (χ1v) is 10.7. The Hall–Kier alpha value is -1.44. The van der Waals surface area contributed by atoms with E-state index in [1.54, 1.807) is 0 Å². The molecule has 3 fully saturated rings. The largest absolute Gasteiger partial charge is 0.461 e. The number of hydrogen-bond acceptors (Lipinski definition) is 7. The molecule has 1 N–H and O–H groups in total. The number of carbonyl (C=O) groups is 1. The second-order valence-electron chi connectivity index (χ2n) is 9.20. The molecule has 0 saturated carbocycles. The zero-order valence-electron chi connectivity index (χ0n) is 17.1. The Labute approximate surface area is 167 Å². The smallest absolute Gasteiger partial charge is 0.312 e. The number of nitrogens with zero attached hydrogens (tertiary/aromatic N) is 3. The second kappa shape index (κ2) is 8.13. The van der Waals surface area contributed by atoms with Gasteiger partial charge in [0.2, 0.25) is 0 Å². The molecule has 28 heavy (non-hydrogen) atoms. The van der Waals surface area contributed by atoms with E-state index in [1.807, 2.05) is 6.07 Å². The number of aromatic nitrogens is 1. The lowest BCUT2D eigenvalue weighted by Crippen LogP contribution is -2.42. The summed E-state index contributed by atoms with van der Waals surface area (Å²) in [4.78, 5) is 17.4. The standard InChI is InChI=1S/C21H33N3O4/c1-15(2)19-11-16(22-28-19)13-24-9-5-21(6-10-24)12-18(27-20(21)26)14-23-7-3-17(25)4-8-23/h11,15,17-18,25H,3-10,12-14H2,1-2H3. The lowest BCUT2D eigenvalue weighted by molar-refractivity contribution is -0.151. The lowest BCUT2D eigenvalue weighted by atomic mass is 9.76. The fourth-order valence-electron chi connectivity index (χ4n) is 4.78. The Morgan fingerprint density at radius 1 is 1.21 bits per heavy atom. The number of hydrogen-bond donors (Lipinski definition) is 1. The number of aliphatic hydroxyl groups excluding tert-OH is 1. The zero-order valence-corrected chi connectivity index (χ0v) is 17.1. The molecule has 0 aliphatic carbocycles. The van der Waals surface area contributed by atoms with Gasteiger partial charge in [0.15, 0.2) is 0 Å². The molecule has 0 amide bonds. The molecule has 0 aromatic carbocycles. The van der Waals surface area contributed by atoms with E-state index in [9.17, 15) is 9.90 Å². The molecule has 0 radical (unpaired) electrons. The van der Waals surface area contributed by atoms with Crippen LogP contribution < -0.4 is 0 Å². The molecule has 0 bridgehead atoms. The summed E-state index contributed by atoms with van der Waals surface area (Å²) in [6.07, 6.45) is 4.02. The number of ether oxygens (including phenoxy) is 1. The van der Waals surface area contributed by atoms with Crippen LogP contribution in [0.3, 0.4) is 0 Å². The van der Waals surface area contributed by atoms with Gasteiger partial charge in [-0.3, -0.25) is 14.6 Å². The number of piperidine rings is 2. The quantitative estimate of drug-likeness (QED) is 0.771. The first-order chi connectivity index (χ1) is 13.4. The minimum atomic E-state index is -0.302. The number of likely N-dealkylation sites (tertiary alicyclic amines) is 2. The van der Waals surface area contributed by atoms with E-state index in [2.05, 4.69) is 28.8 Å². The van der Waals surface area contributed by atoms with Crippen molar-refractivity contribution in [2.24, 2.45) is 5.41 Å². The summed E-state index contributed by atoms with van der Waals surface area (Å²) in [7, 11) is 0. The molecule has 3 aliphatic rings. The summed E-state index contributed by atoms with van der Waals surface area (Å²) in [5, 5.41) is 13.8. The highest BCUT2D eigenvalue weighted by molar-refractivity contribution is 5.79. The first kappa shape index (κ1) is 19.9. The van der Waals surface area contributed by atoms with Crippen molar-refractivity contribution in [3.63, 3.8) is 0 Å². The van der Waals surface area contributed by atoms with Crippen LogP contribution in [-0.2, 0) is 16.1 Å². The molecule has 1 aromatic heterocycles. The summed E-state index contributed by atoms with van der Waals surface area (Å²) in [6, 6.07) is 2.05. The highest BCUT2D eigenvalue weighted by atomic mass is 16.6. The van der Waals surface area contributed by atoms with Crippen molar-refractivity contribution < 1.29 is 19.2 Å². The molecule has 1 atom stereocenters. The van der Waals surface area contributed by atoms with Gasteiger partial charge in [-0.15, -0.1) is 0 Å². The fraction of sp³-hybridized carbons (Fsp3) is 0.810. The summed E-state index contributed by atoms with van der Waals surface area (Å²) in [5.74, 6) is 1.27.